The van der Waals surface area contributed by atoms with Crippen LogP contribution in [0.2, 0.25) is 0 Å². The van der Waals surface area contributed by atoms with E-state index in [-0.39, 0.29) is 79.7 Å². The predicted octanol–water partition coefficient (Wildman–Crippen LogP) is -12.0. The molecule has 0 aliphatic carbocycles. The van der Waals surface area contributed by atoms with E-state index in [0.29, 0.717) is 9.47 Å². The smallest absolute Gasteiger partial charge is 0.845 e. The summed E-state index contributed by atoms with van der Waals surface area (Å²) in [4.78, 5) is 73.9. The van der Waals surface area contributed by atoms with Crippen LogP contribution in [0.5, 0.6) is 5.75 Å². The average molecular weight is 773 g/mol. The van der Waals surface area contributed by atoms with Crippen LogP contribution in [-0.2, 0) is 36.0 Å². The van der Waals surface area contributed by atoms with Gasteiger partial charge in [-0.2, -0.15) is 8.42 Å². The molecule has 0 spiro atoms. The number of rotatable bonds is 12. The molecule has 0 saturated carbocycles. The fourth-order valence-electron chi connectivity index (χ4n) is 4.02. The van der Waals surface area contributed by atoms with E-state index in [4.69, 9.17) is 10.6 Å². The average Bonchev–Trinajstić information content (AvgIpc) is 3.59. The quantitative estimate of drug-likeness (QED) is 0.0327. The Kier molecular flexibility index (Phi) is 14.3. The van der Waals surface area contributed by atoms with Crippen LogP contribution in [0.1, 0.15) is 26.5 Å². The minimum atomic E-state index is -5.37. The second-order valence-corrected chi connectivity index (χ2v) is 13.0. The maximum Gasteiger partial charge on any atom is 1.00 e. The largest absolute Gasteiger partial charge is 1.00 e. The van der Waals surface area contributed by atoms with Crippen LogP contribution in [0.4, 0.5) is 5.13 Å². The molecular weight excluding hydrogens is 746 g/mol. The zero-order valence-electron chi connectivity index (χ0n) is 27.3. The number of hydrogen-bond donors (Lipinski definition) is 6. The van der Waals surface area contributed by atoms with Crippen molar-refractivity contribution in [1.82, 2.24) is 33.9 Å². The first-order valence-corrected chi connectivity index (χ1v) is 15.8. The Bertz CT molecular complexity index is 2110. The molecule has 0 unspecified atom stereocenters. The SMILES string of the molecule is C[C@H]1[C@H](NC(=O)/C(=N\OC(C)(C)C(=O)[O-])c2csc(N)n2)C(=O)N1C([O-])=NS(=O)(=O)n1nc(-c2cc(=O)c(O)c[nH]2)n(C[C@@H](O)CO)c1=O.[Na+].[Na+]. The molecule has 0 radical (unpaired) electrons. The Morgan fingerprint density at radius 1 is 1.25 bits per heavy atom. The topological polar surface area (TPSA) is 353 Å². The first-order valence-electron chi connectivity index (χ1n) is 13.5. The number of aromatic nitrogens is 5. The van der Waals surface area contributed by atoms with Gasteiger partial charge in [-0.25, -0.2) is 9.78 Å². The molecule has 1 fully saturated rings. The molecule has 3 aromatic heterocycles. The van der Waals surface area contributed by atoms with Crippen molar-refractivity contribution in [3.05, 3.63) is 44.0 Å². The van der Waals surface area contributed by atoms with Gasteiger partial charge in [0.15, 0.2) is 28.0 Å². The summed E-state index contributed by atoms with van der Waals surface area (Å²) in [5, 5.41) is 63.5. The molecule has 4 heterocycles. The fraction of sp³-hybridized carbons (Fsp3) is 0.375. The monoisotopic (exact) mass is 772 g/mol. The maximum atomic E-state index is 13.1. The third kappa shape index (κ3) is 9.23. The summed E-state index contributed by atoms with van der Waals surface area (Å²) in [6, 6.07) is -3.65. The number of pyridine rings is 1. The van der Waals surface area contributed by atoms with Gasteiger partial charge in [0.25, 0.3) is 11.8 Å². The molecule has 2 amide bonds. The minimum Gasteiger partial charge on any atom is -0.845 e. The molecule has 0 aromatic carbocycles. The molecule has 3 aromatic rings. The number of hydrogen-bond acceptors (Lipinski definition) is 18. The van der Waals surface area contributed by atoms with Crippen molar-refractivity contribution in [2.45, 2.75) is 51.1 Å². The molecular formula is C24H26N10Na2O13S2. The standard InChI is InChI=1S/C24H28N10O13S2.2Na/c1-9-15(28-18(39)16(12-8-48-21(25)27-12)30-47-24(2,3)20(41)42)19(40)33(9)22(43)31-49(45,46)34-23(44)32(6-10(36)7-35)17(29-34)11-4-13(37)14(38)5-26-11;;/h4-5,8-10,15,35-36,38H,6-7H2,1-3H3,(H2,25,27)(H,26,37)(H,28,39)(H,31,43)(H,41,42);;/q;2*+1/p-2/b30-16-;;/t9-,10+,15-;;/m0../s1. The van der Waals surface area contributed by atoms with E-state index in [9.17, 15) is 57.9 Å². The Morgan fingerprint density at radius 2 is 1.90 bits per heavy atom. The number of carboxylic acid groups (broad SMARTS) is 1. The van der Waals surface area contributed by atoms with E-state index in [2.05, 4.69) is 29.9 Å². The Morgan fingerprint density at radius 3 is 2.43 bits per heavy atom. The third-order valence-electron chi connectivity index (χ3n) is 6.71. The van der Waals surface area contributed by atoms with Crippen LogP contribution in [0.15, 0.2) is 36.8 Å². The van der Waals surface area contributed by atoms with Gasteiger partial charge in [-0.15, -0.1) is 20.8 Å². The number of nitrogens with zero attached hydrogens (tertiary/aromatic N) is 7. The van der Waals surface area contributed by atoms with Crippen molar-refractivity contribution in [3.63, 3.8) is 0 Å². The van der Waals surface area contributed by atoms with Gasteiger partial charge in [-0.05, 0) is 20.8 Å². The summed E-state index contributed by atoms with van der Waals surface area (Å²) >= 11 is 0.897. The molecule has 1 saturated heterocycles. The number of nitrogens with two attached hydrogens (primary N) is 1. The van der Waals surface area contributed by atoms with Crippen molar-refractivity contribution in [3.8, 4) is 17.3 Å². The van der Waals surface area contributed by atoms with E-state index >= 15 is 0 Å². The number of likely N-dealkylation sites (tertiary alicyclic amines) is 1. The Balaban J connectivity index is 0.00000451. The number of aromatic hydroxyl groups is 1. The number of aliphatic hydroxyl groups excluding tert-OH is 2. The maximum absolute atomic E-state index is 13.1. The summed E-state index contributed by atoms with van der Waals surface area (Å²) in [6.45, 7) is 1.79. The molecule has 3 atom stereocenters. The number of carboxylic acids is 1. The first-order chi connectivity index (χ1) is 22.8. The number of aliphatic hydroxyl groups is 2. The second kappa shape index (κ2) is 16.8. The van der Waals surface area contributed by atoms with Gasteiger partial charge in [-0.3, -0.25) is 19.0 Å². The van der Waals surface area contributed by atoms with Gasteiger partial charge in [0.2, 0.25) is 5.43 Å². The van der Waals surface area contributed by atoms with Crippen LogP contribution < -0.4 is 91.5 Å². The zero-order chi connectivity index (χ0) is 36.6. The molecule has 23 nitrogen and oxygen atoms in total. The molecule has 0 bridgehead atoms. The Labute approximate surface area is 334 Å². The fourth-order valence-corrected chi connectivity index (χ4v) is 5.40. The number of thiazole rings is 1. The van der Waals surface area contributed by atoms with Crippen molar-refractivity contribution in [2.24, 2.45) is 9.55 Å². The number of aromatic amines is 1. The summed E-state index contributed by atoms with van der Waals surface area (Å²) in [6.07, 6.45) is -0.804. The van der Waals surface area contributed by atoms with E-state index in [1.54, 1.807) is 0 Å². The van der Waals surface area contributed by atoms with Gasteiger partial charge in [0.1, 0.15) is 11.7 Å². The van der Waals surface area contributed by atoms with Crippen molar-refractivity contribution in [2.75, 3.05) is 12.3 Å². The van der Waals surface area contributed by atoms with E-state index in [0.717, 1.165) is 37.4 Å². The van der Waals surface area contributed by atoms with E-state index in [1.807, 2.05) is 0 Å². The number of nitrogens with one attached hydrogen (secondary N) is 2. The van der Waals surface area contributed by atoms with Gasteiger partial charge in [0, 0.05) is 17.6 Å². The summed E-state index contributed by atoms with van der Waals surface area (Å²) in [5.74, 6) is -5.25. The molecule has 1 aliphatic rings. The summed E-state index contributed by atoms with van der Waals surface area (Å²) in [7, 11) is -5.37. The predicted molar refractivity (Wildman–Crippen MR) is 161 cm³/mol. The summed E-state index contributed by atoms with van der Waals surface area (Å²) in [5.41, 5.74) is 0.0769. The second-order valence-electron chi connectivity index (χ2n) is 10.6. The number of β-lactam (4-membered cyclic amide) rings is 1. The minimum absolute atomic E-state index is 0. The number of amidine groups is 1. The van der Waals surface area contributed by atoms with Gasteiger partial charge < -0.3 is 56.1 Å². The first kappa shape index (κ1) is 43.5. The van der Waals surface area contributed by atoms with Gasteiger partial charge >= 0.3 is 75.0 Å². The van der Waals surface area contributed by atoms with Crippen molar-refractivity contribution >= 4 is 56.2 Å². The molecule has 27 heteroatoms. The number of amides is 2. The number of anilines is 1. The normalized spacial score (nSPS) is 17.1. The van der Waals surface area contributed by atoms with Crippen LogP contribution in [0.25, 0.3) is 11.5 Å². The van der Waals surface area contributed by atoms with Crippen LogP contribution in [0.3, 0.4) is 0 Å². The van der Waals surface area contributed by atoms with E-state index in [1.165, 1.54) is 12.3 Å². The third-order valence-corrected chi connectivity index (χ3v) is 8.44. The van der Waals surface area contributed by atoms with Crippen LogP contribution in [-0.4, -0.2) is 112 Å². The van der Waals surface area contributed by atoms with Crippen LogP contribution >= 0.6 is 11.3 Å². The number of oxime groups is 1. The molecule has 1 aliphatic heterocycles. The van der Waals surface area contributed by atoms with E-state index < -0.39 is 99.4 Å². The van der Waals surface area contributed by atoms with Gasteiger partial charge in [0.05, 0.1) is 43.0 Å². The molecule has 51 heavy (non-hydrogen) atoms. The van der Waals surface area contributed by atoms with Crippen molar-refractivity contribution < 1.29 is 112 Å². The number of nitrogen functional groups attached to an aromatic ring is 1. The molecule has 7 N–H and O–H groups in total. The number of H-pyrrole nitrogens is 1. The van der Waals surface area contributed by atoms with Crippen LogP contribution in [0, 0.1) is 0 Å². The van der Waals surface area contributed by atoms with Gasteiger partial charge in [-0.1, -0.05) is 9.24 Å². The number of carbonyl (C=O) groups is 3. The molecule has 264 valence electrons. The summed E-state index contributed by atoms with van der Waals surface area (Å²) < 4.78 is 29.4. The number of aliphatic carboxylic acids is 1. The Hall–Kier alpha value is -3.66. The zero-order valence-corrected chi connectivity index (χ0v) is 33.0. The number of carbonyl (C=O) groups excluding carboxylic acids is 3. The van der Waals surface area contributed by atoms with Crippen molar-refractivity contribution in [1.29, 1.82) is 0 Å². The molecule has 4 rings (SSSR count).